The van der Waals surface area contributed by atoms with Crippen molar-refractivity contribution in [1.29, 1.82) is 0 Å². The molecule has 1 aliphatic heterocycles. The summed E-state index contributed by atoms with van der Waals surface area (Å²) in [7, 11) is 0. The average Bonchev–Trinajstić information content (AvgIpc) is 2.95. The van der Waals surface area contributed by atoms with Crippen LogP contribution in [0.4, 0.5) is 5.69 Å². The van der Waals surface area contributed by atoms with Gasteiger partial charge in [0.25, 0.3) is 0 Å². The van der Waals surface area contributed by atoms with Gasteiger partial charge in [-0.05, 0) is 67.8 Å². The first kappa shape index (κ1) is 15.5. The Morgan fingerprint density at radius 2 is 2.14 bits per heavy atom. The Kier molecular flexibility index (Phi) is 4.79. The molecule has 1 aromatic carbocycles. The van der Waals surface area contributed by atoms with Crippen LogP contribution >= 0.6 is 0 Å². The minimum absolute atomic E-state index is 0.0745. The van der Waals surface area contributed by atoms with E-state index in [4.69, 9.17) is 5.73 Å². The van der Waals surface area contributed by atoms with Gasteiger partial charge in [-0.1, -0.05) is 13.0 Å². The molecule has 0 bridgehead atoms. The zero-order chi connectivity index (χ0) is 15.5. The lowest BCUT2D eigenvalue weighted by molar-refractivity contribution is -0.118. The quantitative estimate of drug-likeness (QED) is 0.896. The van der Waals surface area contributed by atoms with Gasteiger partial charge in [-0.2, -0.15) is 0 Å². The number of likely N-dealkylation sites (tertiary alicyclic amines) is 1. The van der Waals surface area contributed by atoms with E-state index in [1.54, 1.807) is 0 Å². The van der Waals surface area contributed by atoms with E-state index in [2.05, 4.69) is 29.3 Å². The topological polar surface area (TPSA) is 58.4 Å². The van der Waals surface area contributed by atoms with Gasteiger partial charge in [-0.3, -0.25) is 9.69 Å². The second-order valence-corrected chi connectivity index (χ2v) is 6.78. The third-order valence-electron chi connectivity index (χ3n) is 5.20. The number of nitrogens with one attached hydrogen (secondary N) is 1. The molecule has 3 N–H and O–H groups in total. The predicted molar refractivity (Wildman–Crippen MR) is 89.9 cm³/mol. The van der Waals surface area contributed by atoms with Gasteiger partial charge in [0.2, 0.25) is 5.91 Å². The van der Waals surface area contributed by atoms with Crippen LogP contribution in [0.1, 0.15) is 37.3 Å². The summed E-state index contributed by atoms with van der Waals surface area (Å²) in [6, 6.07) is 6.66. The molecule has 120 valence electrons. The van der Waals surface area contributed by atoms with Crippen molar-refractivity contribution in [2.45, 2.75) is 45.1 Å². The second kappa shape index (κ2) is 6.80. The van der Waals surface area contributed by atoms with Gasteiger partial charge in [0.1, 0.15) is 0 Å². The first-order chi connectivity index (χ1) is 10.7. The van der Waals surface area contributed by atoms with Crippen LogP contribution in [-0.2, 0) is 17.6 Å². The van der Waals surface area contributed by atoms with Gasteiger partial charge in [0, 0.05) is 18.3 Å². The number of amides is 1. The molecule has 2 atom stereocenters. The summed E-state index contributed by atoms with van der Waals surface area (Å²) < 4.78 is 0. The maximum absolute atomic E-state index is 12.4. The maximum atomic E-state index is 12.4. The van der Waals surface area contributed by atoms with Crippen molar-refractivity contribution >= 4 is 11.6 Å². The molecule has 3 rings (SSSR count). The third kappa shape index (κ3) is 3.33. The Morgan fingerprint density at radius 1 is 1.32 bits per heavy atom. The van der Waals surface area contributed by atoms with E-state index in [-0.39, 0.29) is 5.91 Å². The highest BCUT2D eigenvalue weighted by Crippen LogP contribution is 2.25. The molecule has 1 aromatic rings. The van der Waals surface area contributed by atoms with Crippen LogP contribution in [-0.4, -0.2) is 36.5 Å². The minimum Gasteiger partial charge on any atom is -0.329 e. The molecule has 1 fully saturated rings. The number of rotatable bonds is 4. The Bertz CT molecular complexity index is 543. The summed E-state index contributed by atoms with van der Waals surface area (Å²) in [6.07, 6.45) is 5.91. The van der Waals surface area contributed by atoms with E-state index in [9.17, 15) is 4.79 Å². The highest BCUT2D eigenvalue weighted by Gasteiger charge is 2.28. The number of nitrogens with zero attached hydrogens (tertiary/aromatic N) is 1. The lowest BCUT2D eigenvalue weighted by atomic mass is 9.91. The minimum atomic E-state index is 0.0745. The number of aryl methyl sites for hydroxylation is 2. The molecule has 0 spiro atoms. The lowest BCUT2D eigenvalue weighted by Gasteiger charge is -2.38. The highest BCUT2D eigenvalue weighted by atomic mass is 16.2. The molecule has 22 heavy (non-hydrogen) atoms. The number of nitrogens with two attached hydrogens (primary N) is 1. The van der Waals surface area contributed by atoms with Crippen molar-refractivity contribution < 1.29 is 4.79 Å². The molecule has 1 heterocycles. The number of piperidine rings is 1. The molecule has 1 amide bonds. The second-order valence-electron chi connectivity index (χ2n) is 6.78. The molecule has 1 aliphatic carbocycles. The van der Waals surface area contributed by atoms with Crippen molar-refractivity contribution in [3.8, 4) is 0 Å². The molecule has 2 unspecified atom stereocenters. The van der Waals surface area contributed by atoms with Crippen molar-refractivity contribution in [3.05, 3.63) is 29.3 Å². The monoisotopic (exact) mass is 301 g/mol. The Labute approximate surface area is 133 Å². The van der Waals surface area contributed by atoms with Crippen molar-refractivity contribution in [1.82, 2.24) is 4.90 Å². The Balaban J connectivity index is 1.60. The number of benzene rings is 1. The first-order valence-electron chi connectivity index (χ1n) is 8.53. The predicted octanol–water partition coefficient (Wildman–Crippen LogP) is 2.17. The number of carbonyl (C=O) groups excluding carboxylic acids is 1. The molecule has 1 saturated heterocycles. The molecular weight excluding hydrogens is 274 g/mol. The van der Waals surface area contributed by atoms with Gasteiger partial charge in [-0.15, -0.1) is 0 Å². The molecule has 4 heteroatoms. The van der Waals surface area contributed by atoms with Crippen molar-refractivity contribution in [2.24, 2.45) is 11.7 Å². The lowest BCUT2D eigenvalue weighted by Crippen LogP contribution is -2.51. The summed E-state index contributed by atoms with van der Waals surface area (Å²) in [5.41, 5.74) is 9.66. The standard InChI is InChI=1S/C18H27N3O/c1-13-4-3-9-21(17(13)11-19)12-18(22)20-16-8-7-14-5-2-6-15(14)10-16/h7-8,10,13,17H,2-6,9,11-12,19H2,1H3,(H,20,22). The third-order valence-corrected chi connectivity index (χ3v) is 5.20. The normalized spacial score (nSPS) is 25.0. The average molecular weight is 301 g/mol. The maximum Gasteiger partial charge on any atom is 0.238 e. The Morgan fingerprint density at radius 3 is 2.95 bits per heavy atom. The van der Waals surface area contributed by atoms with E-state index in [0.717, 1.165) is 25.1 Å². The highest BCUT2D eigenvalue weighted by molar-refractivity contribution is 5.92. The summed E-state index contributed by atoms with van der Waals surface area (Å²) in [6.45, 7) is 4.29. The van der Waals surface area contributed by atoms with Gasteiger partial charge >= 0.3 is 0 Å². The van der Waals surface area contributed by atoms with Crippen LogP contribution in [0.15, 0.2) is 18.2 Å². The van der Waals surface area contributed by atoms with Crippen LogP contribution in [0, 0.1) is 5.92 Å². The van der Waals surface area contributed by atoms with E-state index in [1.807, 2.05) is 6.07 Å². The molecule has 2 aliphatic rings. The van der Waals surface area contributed by atoms with Gasteiger partial charge < -0.3 is 11.1 Å². The summed E-state index contributed by atoms with van der Waals surface area (Å²) in [4.78, 5) is 14.6. The van der Waals surface area contributed by atoms with E-state index in [0.29, 0.717) is 25.0 Å². The summed E-state index contributed by atoms with van der Waals surface area (Å²) >= 11 is 0. The fourth-order valence-corrected chi connectivity index (χ4v) is 3.95. The van der Waals surface area contributed by atoms with Gasteiger partial charge in [0.15, 0.2) is 0 Å². The first-order valence-corrected chi connectivity index (χ1v) is 8.53. The SMILES string of the molecule is CC1CCCN(CC(=O)Nc2ccc3c(c2)CCC3)C1CN. The fourth-order valence-electron chi connectivity index (χ4n) is 3.95. The zero-order valence-corrected chi connectivity index (χ0v) is 13.5. The smallest absolute Gasteiger partial charge is 0.238 e. The van der Waals surface area contributed by atoms with Crippen LogP contribution in [0.3, 0.4) is 0 Å². The molecule has 0 saturated carbocycles. The number of carbonyl (C=O) groups is 1. The summed E-state index contributed by atoms with van der Waals surface area (Å²) in [5.74, 6) is 0.650. The molecule has 0 radical (unpaired) electrons. The molecule has 4 nitrogen and oxygen atoms in total. The fraction of sp³-hybridized carbons (Fsp3) is 0.611. The van der Waals surface area contributed by atoms with Crippen LogP contribution in [0.2, 0.25) is 0 Å². The van der Waals surface area contributed by atoms with Gasteiger partial charge in [0.05, 0.1) is 6.54 Å². The van der Waals surface area contributed by atoms with Gasteiger partial charge in [-0.25, -0.2) is 0 Å². The molecular formula is C18H27N3O. The molecule has 0 aromatic heterocycles. The number of hydrogen-bond donors (Lipinski definition) is 2. The van der Waals surface area contributed by atoms with Crippen LogP contribution in [0.25, 0.3) is 0 Å². The number of fused-ring (bicyclic) bond motifs is 1. The van der Waals surface area contributed by atoms with Crippen molar-refractivity contribution in [3.63, 3.8) is 0 Å². The Hall–Kier alpha value is -1.39. The number of hydrogen-bond acceptors (Lipinski definition) is 3. The number of anilines is 1. The van der Waals surface area contributed by atoms with E-state index < -0.39 is 0 Å². The summed E-state index contributed by atoms with van der Waals surface area (Å²) in [5, 5.41) is 3.06. The van der Waals surface area contributed by atoms with E-state index >= 15 is 0 Å². The largest absolute Gasteiger partial charge is 0.329 e. The van der Waals surface area contributed by atoms with Crippen molar-refractivity contribution in [2.75, 3.05) is 25.0 Å². The van der Waals surface area contributed by atoms with Crippen LogP contribution in [0.5, 0.6) is 0 Å². The van der Waals surface area contributed by atoms with E-state index in [1.165, 1.54) is 30.4 Å². The zero-order valence-electron chi connectivity index (χ0n) is 13.5. The van der Waals surface area contributed by atoms with Crippen LogP contribution < -0.4 is 11.1 Å².